The molecular formula is C58H80N6O2S. The van der Waals surface area contributed by atoms with Crippen LogP contribution in [-0.4, -0.2) is 62.8 Å². The van der Waals surface area contributed by atoms with Crippen molar-refractivity contribution >= 4 is 42.8 Å². The van der Waals surface area contributed by atoms with Crippen molar-refractivity contribution in [3.05, 3.63) is 143 Å². The molecule has 4 heterocycles. The normalized spacial score (nSPS) is 19.0. The average molecular weight is 925 g/mol. The van der Waals surface area contributed by atoms with Gasteiger partial charge in [0.05, 0.1) is 17.2 Å². The Kier molecular flexibility index (Phi) is 17.7. The summed E-state index contributed by atoms with van der Waals surface area (Å²) in [6, 6.07) is 37.3. The molecule has 3 unspecified atom stereocenters. The number of fused-ring (bicyclic) bond motifs is 5. The maximum absolute atomic E-state index is 11.9. The lowest BCUT2D eigenvalue weighted by molar-refractivity contribution is 0.178. The van der Waals surface area contributed by atoms with Crippen LogP contribution in [0.5, 0.6) is 0 Å². The van der Waals surface area contributed by atoms with Gasteiger partial charge < -0.3 is 0 Å². The third kappa shape index (κ3) is 13.2. The van der Waals surface area contributed by atoms with Crippen molar-refractivity contribution in [2.45, 2.75) is 125 Å². The first-order chi connectivity index (χ1) is 31.8. The Balaban J connectivity index is 0.000000138. The Bertz CT molecular complexity index is 2770. The second-order valence-corrected chi connectivity index (χ2v) is 22.9. The number of piperidine rings is 1. The van der Waals surface area contributed by atoms with Crippen LogP contribution in [0.25, 0.3) is 32.6 Å². The van der Waals surface area contributed by atoms with Crippen molar-refractivity contribution in [1.82, 2.24) is 28.2 Å². The second-order valence-electron chi connectivity index (χ2n) is 20.9. The minimum absolute atomic E-state index is 0.223. The molecule has 9 heteroatoms. The summed E-state index contributed by atoms with van der Waals surface area (Å²) in [5.41, 5.74) is 9.61. The Hall–Kier alpha value is -4.83. The summed E-state index contributed by atoms with van der Waals surface area (Å²) < 4.78 is 30.6. The lowest BCUT2D eigenvalue weighted by atomic mass is 9.78. The molecule has 5 aromatic carbocycles. The zero-order chi connectivity index (χ0) is 48.6. The monoisotopic (exact) mass is 925 g/mol. The van der Waals surface area contributed by atoms with Crippen LogP contribution >= 0.6 is 0 Å². The molecule has 0 bridgehead atoms. The largest absolute Gasteiger partial charge is 0.282 e. The molecule has 3 aliphatic rings. The Morgan fingerprint density at radius 3 is 1.81 bits per heavy atom. The van der Waals surface area contributed by atoms with Crippen molar-refractivity contribution in [1.29, 1.82) is 0 Å². The fourth-order valence-corrected chi connectivity index (χ4v) is 11.2. The fraction of sp³-hybridized carbons (Fsp3) is 0.483. The lowest BCUT2D eigenvalue weighted by Gasteiger charge is -2.34. The van der Waals surface area contributed by atoms with Gasteiger partial charge in [0.2, 0.25) is 0 Å². The summed E-state index contributed by atoms with van der Waals surface area (Å²) in [7, 11) is 2.49. The summed E-state index contributed by atoms with van der Waals surface area (Å²) in [5, 5.41) is 13.7. The van der Waals surface area contributed by atoms with Gasteiger partial charge in [-0.2, -0.15) is 27.2 Å². The number of benzene rings is 5. The SMILES string of the molecule is CC(C)C1CCN2C(C1)CN(C)S2(=O)=O.CC(C)C1CCc2ccccc2C1.CC(C)c1ccc2c(cnn2C)c1.CC(C)c1ccc2ccccc2c1.CC(C)c1ccc2nn(C)cc2c1. The molecule has 2 fully saturated rings. The van der Waals surface area contributed by atoms with E-state index in [-0.39, 0.29) is 6.04 Å². The molecule has 2 aromatic heterocycles. The highest BCUT2D eigenvalue weighted by atomic mass is 32.2. The van der Waals surface area contributed by atoms with Crippen LogP contribution < -0.4 is 0 Å². The quantitative estimate of drug-likeness (QED) is 0.172. The number of hydrogen-bond donors (Lipinski definition) is 0. The van der Waals surface area contributed by atoms with Gasteiger partial charge >= 0.3 is 0 Å². The van der Waals surface area contributed by atoms with E-state index in [0.717, 1.165) is 30.2 Å². The molecule has 2 saturated heterocycles. The maximum Gasteiger partial charge on any atom is 0.282 e. The predicted molar refractivity (Wildman–Crippen MR) is 284 cm³/mol. The summed E-state index contributed by atoms with van der Waals surface area (Å²) in [5.74, 6) is 4.90. The van der Waals surface area contributed by atoms with E-state index < -0.39 is 10.2 Å². The molecule has 2 aliphatic heterocycles. The molecule has 0 saturated carbocycles. The van der Waals surface area contributed by atoms with Crippen LogP contribution in [0.3, 0.4) is 0 Å². The van der Waals surface area contributed by atoms with E-state index in [2.05, 4.69) is 189 Å². The number of aryl methyl sites for hydroxylation is 3. The molecule has 0 N–H and O–H groups in total. The first-order valence-electron chi connectivity index (χ1n) is 25.0. The van der Waals surface area contributed by atoms with E-state index in [9.17, 15) is 8.42 Å². The van der Waals surface area contributed by atoms with Crippen LogP contribution in [0.1, 0.15) is 134 Å². The van der Waals surface area contributed by atoms with Crippen LogP contribution in [0.2, 0.25) is 0 Å². The molecule has 7 aromatic rings. The molecule has 67 heavy (non-hydrogen) atoms. The second kappa shape index (κ2) is 23.0. The molecule has 3 atom stereocenters. The van der Waals surface area contributed by atoms with Gasteiger partial charge in [-0.15, -0.1) is 0 Å². The molecule has 8 nitrogen and oxygen atoms in total. The third-order valence-corrected chi connectivity index (χ3v) is 16.3. The van der Waals surface area contributed by atoms with Gasteiger partial charge in [-0.25, -0.2) is 0 Å². The van der Waals surface area contributed by atoms with Crippen molar-refractivity contribution in [2.24, 2.45) is 37.8 Å². The summed E-state index contributed by atoms with van der Waals surface area (Å²) in [6.45, 7) is 23.8. The molecule has 10 rings (SSSR count). The first kappa shape index (κ1) is 51.6. The average Bonchev–Trinajstić information content (AvgIpc) is 3.95. The number of rotatable bonds is 5. The number of hydrogen-bond acceptors (Lipinski definition) is 4. The summed E-state index contributed by atoms with van der Waals surface area (Å²) in [6.07, 6.45) is 9.99. The molecule has 1 aliphatic carbocycles. The summed E-state index contributed by atoms with van der Waals surface area (Å²) in [4.78, 5) is 0. The Labute approximate surface area is 404 Å². The number of likely N-dealkylation sites (N-methyl/N-ethyl adjacent to an activating group) is 1. The highest BCUT2D eigenvalue weighted by molar-refractivity contribution is 7.87. The number of aromatic nitrogens is 4. The maximum atomic E-state index is 11.9. The minimum Gasteiger partial charge on any atom is -0.275 e. The topological polar surface area (TPSA) is 76.3 Å². The van der Waals surface area contributed by atoms with Gasteiger partial charge in [0.15, 0.2) is 0 Å². The van der Waals surface area contributed by atoms with Gasteiger partial charge in [0, 0.05) is 57.2 Å². The van der Waals surface area contributed by atoms with Crippen LogP contribution in [0.4, 0.5) is 0 Å². The van der Waals surface area contributed by atoms with E-state index in [1.807, 2.05) is 29.7 Å². The van der Waals surface area contributed by atoms with Gasteiger partial charge in [-0.1, -0.05) is 148 Å². The van der Waals surface area contributed by atoms with Gasteiger partial charge in [0.25, 0.3) is 10.2 Å². The minimum atomic E-state index is -3.11. The van der Waals surface area contributed by atoms with Crippen molar-refractivity contribution in [3.8, 4) is 0 Å². The highest BCUT2D eigenvalue weighted by Crippen LogP contribution is 2.35. The van der Waals surface area contributed by atoms with Gasteiger partial charge in [-0.3, -0.25) is 9.36 Å². The fourth-order valence-electron chi connectivity index (χ4n) is 9.64. The lowest BCUT2D eigenvalue weighted by Crippen LogP contribution is -2.42. The molecule has 360 valence electrons. The van der Waals surface area contributed by atoms with E-state index in [4.69, 9.17) is 0 Å². The van der Waals surface area contributed by atoms with Crippen LogP contribution in [-0.2, 0) is 37.1 Å². The van der Waals surface area contributed by atoms with Crippen molar-refractivity contribution < 1.29 is 8.42 Å². The Morgan fingerprint density at radius 1 is 0.597 bits per heavy atom. The molecular weight excluding hydrogens is 845 g/mol. The molecule has 0 spiro atoms. The first-order valence-corrected chi connectivity index (χ1v) is 26.4. The summed E-state index contributed by atoms with van der Waals surface area (Å²) >= 11 is 0. The van der Waals surface area contributed by atoms with Crippen LogP contribution in [0.15, 0.2) is 116 Å². The van der Waals surface area contributed by atoms with Crippen molar-refractivity contribution in [3.63, 3.8) is 0 Å². The van der Waals surface area contributed by atoms with Crippen LogP contribution in [0, 0.1) is 23.7 Å². The zero-order valence-electron chi connectivity index (χ0n) is 42.9. The predicted octanol–water partition coefficient (Wildman–Crippen LogP) is 13.7. The molecule has 0 radical (unpaired) electrons. The van der Waals surface area contributed by atoms with E-state index in [1.165, 1.54) is 67.3 Å². The smallest absolute Gasteiger partial charge is 0.275 e. The zero-order valence-corrected chi connectivity index (χ0v) is 43.8. The van der Waals surface area contributed by atoms with Crippen molar-refractivity contribution in [2.75, 3.05) is 20.1 Å². The van der Waals surface area contributed by atoms with Gasteiger partial charge in [0.1, 0.15) is 0 Å². The van der Waals surface area contributed by atoms with Gasteiger partial charge in [-0.05, 0) is 136 Å². The number of nitrogens with zero attached hydrogens (tertiary/aromatic N) is 6. The standard InChI is InChI=1S/C13H18.C13H14.2C11H14N2.C10H20N2O2S/c2*1-10(2)12-8-7-11-5-3-4-6-13(11)9-12;1-8(2)9-4-5-11-10(6-9)7-13(3)12-11;1-8(2)9-4-5-11-10(6-9)7-12-13(11)3;1-8(2)9-4-5-12-10(6-9)7-11(3)15(12,13)14/h3-6,10,12H,7-9H2,1-2H3;3-10H,1-2H3;2*4-8H,1-3H3;8-10H,4-7H2,1-3H3. The van der Waals surface area contributed by atoms with E-state index in [1.54, 1.807) is 22.5 Å². The third-order valence-electron chi connectivity index (χ3n) is 14.3. The highest BCUT2D eigenvalue weighted by Gasteiger charge is 2.45. The van der Waals surface area contributed by atoms with E-state index in [0.29, 0.717) is 42.7 Å². The molecule has 0 amide bonds. The van der Waals surface area contributed by atoms with E-state index >= 15 is 0 Å². The Morgan fingerprint density at radius 2 is 1.16 bits per heavy atom.